The fourth-order valence-electron chi connectivity index (χ4n) is 2.52. The molecule has 0 aliphatic heterocycles. The molecule has 0 amide bonds. The van der Waals surface area contributed by atoms with E-state index < -0.39 is 23.3 Å². The van der Waals surface area contributed by atoms with Gasteiger partial charge in [0.25, 0.3) is 0 Å². The summed E-state index contributed by atoms with van der Waals surface area (Å²) in [7, 11) is 0. The van der Waals surface area contributed by atoms with Gasteiger partial charge in [0.05, 0.1) is 13.2 Å². The number of hydrogen-bond donors (Lipinski definition) is 2. The fourth-order valence-corrected chi connectivity index (χ4v) is 2.52. The van der Waals surface area contributed by atoms with Crippen LogP contribution in [0, 0.1) is 5.92 Å². The molecule has 0 atom stereocenters. The highest BCUT2D eigenvalue weighted by atomic mass is 16.6. The van der Waals surface area contributed by atoms with Crippen molar-refractivity contribution in [1.29, 1.82) is 0 Å². The molecular weight excluding hydrogens is 312 g/mol. The topological polar surface area (TPSA) is 93.1 Å². The zero-order valence-corrected chi connectivity index (χ0v) is 14.7. The predicted molar refractivity (Wildman–Crippen MR) is 88.8 cm³/mol. The van der Waals surface area contributed by atoms with E-state index in [9.17, 15) is 19.8 Å². The van der Waals surface area contributed by atoms with E-state index >= 15 is 0 Å². The van der Waals surface area contributed by atoms with Crippen LogP contribution >= 0.6 is 0 Å². The summed E-state index contributed by atoms with van der Waals surface area (Å²) in [5.41, 5.74) is -0.00552. The Balaban J connectivity index is 2.92. The van der Waals surface area contributed by atoms with Crippen molar-refractivity contribution in [3.05, 3.63) is 23.8 Å². The number of rotatable bonds is 8. The minimum absolute atomic E-state index is 0.0446. The molecule has 1 aromatic carbocycles. The van der Waals surface area contributed by atoms with Gasteiger partial charge in [-0.3, -0.25) is 9.59 Å². The number of ether oxygens (including phenoxy) is 2. The molecule has 0 unspecified atom stereocenters. The van der Waals surface area contributed by atoms with Crippen LogP contribution in [-0.2, 0) is 24.5 Å². The standard InChI is InChI=1S/C18H26O6/c1-5-23-16(21)13(17(22)24-6-2)9-10-18(3,4)14-11-12(19)7-8-15(14)20/h7-8,11,13,19-20H,5-6,9-10H2,1-4H3. The Labute approximate surface area is 142 Å². The number of phenols is 2. The molecule has 0 aliphatic carbocycles. The summed E-state index contributed by atoms with van der Waals surface area (Å²) >= 11 is 0. The molecule has 0 saturated heterocycles. The Hall–Kier alpha value is -2.24. The lowest BCUT2D eigenvalue weighted by Gasteiger charge is -2.27. The van der Waals surface area contributed by atoms with E-state index in [4.69, 9.17) is 9.47 Å². The lowest BCUT2D eigenvalue weighted by Crippen LogP contribution is -2.30. The second kappa shape index (κ2) is 8.57. The average molecular weight is 338 g/mol. The molecule has 6 heteroatoms. The first-order valence-corrected chi connectivity index (χ1v) is 8.08. The molecule has 0 aliphatic rings. The summed E-state index contributed by atoms with van der Waals surface area (Å²) < 4.78 is 9.91. The van der Waals surface area contributed by atoms with Gasteiger partial charge >= 0.3 is 11.9 Å². The number of esters is 2. The van der Waals surface area contributed by atoms with Crippen LogP contribution in [0.1, 0.15) is 46.1 Å². The smallest absolute Gasteiger partial charge is 0.320 e. The van der Waals surface area contributed by atoms with Crippen LogP contribution in [0.2, 0.25) is 0 Å². The predicted octanol–water partition coefficient (Wildman–Crippen LogP) is 2.90. The third-order valence-electron chi connectivity index (χ3n) is 3.91. The molecule has 134 valence electrons. The van der Waals surface area contributed by atoms with Gasteiger partial charge < -0.3 is 19.7 Å². The maximum atomic E-state index is 12.0. The van der Waals surface area contributed by atoms with Gasteiger partial charge in [-0.05, 0) is 50.3 Å². The summed E-state index contributed by atoms with van der Waals surface area (Å²) in [5, 5.41) is 19.7. The first-order chi connectivity index (χ1) is 11.2. The van der Waals surface area contributed by atoms with E-state index in [0.29, 0.717) is 12.0 Å². The molecule has 0 bridgehead atoms. The van der Waals surface area contributed by atoms with E-state index in [1.165, 1.54) is 18.2 Å². The molecule has 0 heterocycles. The van der Waals surface area contributed by atoms with Crippen molar-refractivity contribution in [2.75, 3.05) is 13.2 Å². The summed E-state index contributed by atoms with van der Waals surface area (Å²) in [6.45, 7) is 7.46. The van der Waals surface area contributed by atoms with E-state index in [1.54, 1.807) is 13.8 Å². The van der Waals surface area contributed by atoms with Gasteiger partial charge in [-0.25, -0.2) is 0 Å². The molecule has 24 heavy (non-hydrogen) atoms. The quantitative estimate of drug-likeness (QED) is 0.430. The number of aromatic hydroxyl groups is 2. The van der Waals surface area contributed by atoms with Gasteiger partial charge in [0.1, 0.15) is 11.5 Å². The van der Waals surface area contributed by atoms with Crippen LogP contribution in [-0.4, -0.2) is 35.4 Å². The van der Waals surface area contributed by atoms with Gasteiger partial charge in [0, 0.05) is 5.56 Å². The maximum Gasteiger partial charge on any atom is 0.320 e. The van der Waals surface area contributed by atoms with E-state index in [-0.39, 0.29) is 31.1 Å². The highest BCUT2D eigenvalue weighted by Crippen LogP contribution is 2.37. The van der Waals surface area contributed by atoms with Crippen LogP contribution in [0.4, 0.5) is 0 Å². The Morgan fingerprint density at radius 3 is 2.12 bits per heavy atom. The van der Waals surface area contributed by atoms with Crippen molar-refractivity contribution in [3.8, 4) is 11.5 Å². The summed E-state index contributed by atoms with van der Waals surface area (Å²) in [6, 6.07) is 4.30. The lowest BCUT2D eigenvalue weighted by molar-refractivity contribution is -0.162. The number of hydrogen-bond acceptors (Lipinski definition) is 6. The second-order valence-electron chi connectivity index (χ2n) is 6.18. The molecule has 1 aromatic rings. The SMILES string of the molecule is CCOC(=O)C(CCC(C)(C)c1cc(O)ccc1O)C(=O)OCC. The third-order valence-corrected chi connectivity index (χ3v) is 3.91. The number of carbonyl (C=O) groups is 2. The number of benzene rings is 1. The van der Waals surface area contributed by atoms with Gasteiger partial charge in [-0.1, -0.05) is 13.8 Å². The van der Waals surface area contributed by atoms with Crippen LogP contribution in [0.15, 0.2) is 18.2 Å². The highest BCUT2D eigenvalue weighted by Gasteiger charge is 2.33. The Bertz CT molecular complexity index is 561. The van der Waals surface area contributed by atoms with Gasteiger partial charge in [-0.2, -0.15) is 0 Å². The van der Waals surface area contributed by atoms with Crippen molar-refractivity contribution in [2.24, 2.45) is 5.92 Å². The lowest BCUT2D eigenvalue weighted by atomic mass is 9.78. The molecule has 1 rings (SSSR count). The summed E-state index contributed by atoms with van der Waals surface area (Å²) in [6.07, 6.45) is 0.645. The molecule has 6 nitrogen and oxygen atoms in total. The van der Waals surface area contributed by atoms with Crippen LogP contribution in [0.25, 0.3) is 0 Å². The average Bonchev–Trinajstić information content (AvgIpc) is 2.50. The van der Waals surface area contributed by atoms with E-state index in [1.807, 2.05) is 13.8 Å². The molecule has 0 aromatic heterocycles. The van der Waals surface area contributed by atoms with Crippen molar-refractivity contribution < 1.29 is 29.3 Å². The van der Waals surface area contributed by atoms with Crippen molar-refractivity contribution in [1.82, 2.24) is 0 Å². The normalized spacial score (nSPS) is 11.4. The van der Waals surface area contributed by atoms with Crippen LogP contribution < -0.4 is 0 Å². The first kappa shape index (κ1) is 19.8. The molecule has 0 radical (unpaired) electrons. The molecular formula is C18H26O6. The minimum atomic E-state index is -0.997. The fraction of sp³-hybridized carbons (Fsp3) is 0.556. The molecule has 0 spiro atoms. The van der Waals surface area contributed by atoms with Gasteiger partial charge in [0.2, 0.25) is 0 Å². The Kier molecular flexibility index (Phi) is 7.07. The van der Waals surface area contributed by atoms with Crippen molar-refractivity contribution in [2.45, 2.75) is 46.0 Å². The zero-order valence-electron chi connectivity index (χ0n) is 14.7. The Morgan fingerprint density at radius 1 is 1.08 bits per heavy atom. The molecule has 2 N–H and O–H groups in total. The zero-order chi connectivity index (χ0) is 18.3. The van der Waals surface area contributed by atoms with Crippen LogP contribution in [0.3, 0.4) is 0 Å². The third kappa shape index (κ3) is 5.15. The largest absolute Gasteiger partial charge is 0.508 e. The number of carbonyl (C=O) groups excluding carboxylic acids is 2. The van der Waals surface area contributed by atoms with Gasteiger partial charge in [-0.15, -0.1) is 0 Å². The summed E-state index contributed by atoms with van der Waals surface area (Å²) in [5.74, 6) is -2.10. The van der Waals surface area contributed by atoms with Crippen molar-refractivity contribution >= 4 is 11.9 Å². The van der Waals surface area contributed by atoms with Crippen LogP contribution in [0.5, 0.6) is 11.5 Å². The van der Waals surface area contributed by atoms with E-state index in [0.717, 1.165) is 0 Å². The highest BCUT2D eigenvalue weighted by molar-refractivity contribution is 5.94. The first-order valence-electron chi connectivity index (χ1n) is 8.08. The molecule has 0 fully saturated rings. The summed E-state index contributed by atoms with van der Waals surface area (Å²) in [4.78, 5) is 24.0. The minimum Gasteiger partial charge on any atom is -0.508 e. The van der Waals surface area contributed by atoms with Gasteiger partial charge in [0.15, 0.2) is 5.92 Å². The van der Waals surface area contributed by atoms with E-state index in [2.05, 4.69) is 0 Å². The molecule has 0 saturated carbocycles. The monoisotopic (exact) mass is 338 g/mol. The Morgan fingerprint density at radius 2 is 1.62 bits per heavy atom. The number of phenolic OH excluding ortho intramolecular Hbond substituents is 2. The maximum absolute atomic E-state index is 12.0. The second-order valence-corrected chi connectivity index (χ2v) is 6.18. The van der Waals surface area contributed by atoms with Crippen molar-refractivity contribution in [3.63, 3.8) is 0 Å².